The van der Waals surface area contributed by atoms with E-state index in [-0.39, 0.29) is 11.4 Å². The molecule has 0 fully saturated rings. The molecule has 3 aromatic rings. The predicted octanol–water partition coefficient (Wildman–Crippen LogP) is 5.42. The summed E-state index contributed by atoms with van der Waals surface area (Å²) in [4.78, 5) is 15.6. The lowest BCUT2D eigenvalue weighted by molar-refractivity contribution is -0.138. The molecular weight excluding hydrogens is 383 g/mol. The monoisotopic (exact) mass is 394 g/mol. The van der Waals surface area contributed by atoms with Crippen LogP contribution in [0.2, 0.25) is 0 Å². The van der Waals surface area contributed by atoms with E-state index in [0.717, 1.165) is 36.7 Å². The van der Waals surface area contributed by atoms with Gasteiger partial charge in [-0.1, -0.05) is 6.07 Å². The summed E-state index contributed by atoms with van der Waals surface area (Å²) in [6, 6.07) is 9.02. The average Bonchev–Trinajstić information content (AvgIpc) is 2.63. The molecule has 0 aliphatic carbocycles. The molecule has 0 unspecified atom stereocenters. The van der Waals surface area contributed by atoms with Crippen molar-refractivity contribution in [1.29, 1.82) is 0 Å². The first kappa shape index (κ1) is 19.3. The van der Waals surface area contributed by atoms with Crippen LogP contribution >= 0.6 is 0 Å². The minimum Gasteiger partial charge on any atom is -0.455 e. The van der Waals surface area contributed by atoms with Gasteiger partial charge in [0.05, 0.1) is 6.20 Å². The molecular formula is C19H11F5N2O2. The van der Waals surface area contributed by atoms with Crippen molar-refractivity contribution in [2.24, 2.45) is 0 Å². The number of halogens is 5. The molecule has 3 rings (SSSR count). The number of amides is 1. The molecule has 0 aliphatic heterocycles. The maximum absolute atomic E-state index is 13.6. The fourth-order valence-corrected chi connectivity index (χ4v) is 2.34. The molecule has 1 amide bonds. The normalized spacial score (nSPS) is 11.2. The van der Waals surface area contributed by atoms with E-state index in [4.69, 9.17) is 4.74 Å². The van der Waals surface area contributed by atoms with E-state index in [1.165, 1.54) is 24.3 Å². The zero-order valence-electron chi connectivity index (χ0n) is 13.9. The average molecular weight is 394 g/mol. The number of carbonyl (C=O) groups is 1. The number of carbonyl (C=O) groups excluding carboxylic acids is 1. The summed E-state index contributed by atoms with van der Waals surface area (Å²) < 4.78 is 71.4. The first-order valence-electron chi connectivity index (χ1n) is 7.80. The van der Waals surface area contributed by atoms with E-state index in [1.54, 1.807) is 0 Å². The second-order valence-corrected chi connectivity index (χ2v) is 5.55. The van der Waals surface area contributed by atoms with Crippen molar-refractivity contribution >= 4 is 11.6 Å². The number of nitrogens with one attached hydrogen (secondary N) is 1. The Balaban J connectivity index is 1.76. The van der Waals surface area contributed by atoms with Gasteiger partial charge in [-0.15, -0.1) is 0 Å². The third kappa shape index (κ3) is 4.25. The number of alkyl halides is 3. The first-order chi connectivity index (χ1) is 13.3. The predicted molar refractivity (Wildman–Crippen MR) is 90.1 cm³/mol. The molecule has 0 saturated heterocycles. The SMILES string of the molecule is O=C(Nc1ccc(Oc2cnccc2C(F)(F)F)cc1)c1c(F)cccc1F. The molecule has 1 N–H and O–H groups in total. The fourth-order valence-electron chi connectivity index (χ4n) is 2.34. The van der Waals surface area contributed by atoms with E-state index >= 15 is 0 Å². The molecule has 0 saturated carbocycles. The Morgan fingerprint density at radius 3 is 2.21 bits per heavy atom. The number of pyridine rings is 1. The van der Waals surface area contributed by atoms with E-state index in [1.807, 2.05) is 0 Å². The summed E-state index contributed by atoms with van der Waals surface area (Å²) in [6.07, 6.45) is -2.69. The van der Waals surface area contributed by atoms with Gasteiger partial charge in [-0.25, -0.2) is 8.78 Å². The molecule has 0 atom stereocenters. The van der Waals surface area contributed by atoms with Gasteiger partial charge < -0.3 is 10.1 Å². The van der Waals surface area contributed by atoms with Crippen LogP contribution in [-0.2, 0) is 6.18 Å². The first-order valence-corrected chi connectivity index (χ1v) is 7.80. The molecule has 4 nitrogen and oxygen atoms in total. The van der Waals surface area contributed by atoms with Gasteiger partial charge in [0.1, 0.15) is 28.5 Å². The number of rotatable bonds is 4. The Bertz CT molecular complexity index is 984. The van der Waals surface area contributed by atoms with Crippen LogP contribution in [0.3, 0.4) is 0 Å². The van der Waals surface area contributed by atoms with Crippen molar-refractivity contribution in [3.63, 3.8) is 0 Å². The highest BCUT2D eigenvalue weighted by molar-refractivity contribution is 6.04. The third-order valence-corrected chi connectivity index (χ3v) is 3.62. The third-order valence-electron chi connectivity index (χ3n) is 3.62. The van der Waals surface area contributed by atoms with E-state index in [0.29, 0.717) is 0 Å². The summed E-state index contributed by atoms with van der Waals surface area (Å²) in [5.41, 5.74) is -1.56. The quantitative estimate of drug-likeness (QED) is 0.601. The largest absolute Gasteiger partial charge is 0.455 e. The second-order valence-electron chi connectivity index (χ2n) is 5.55. The molecule has 0 radical (unpaired) electrons. The lowest BCUT2D eigenvalue weighted by Crippen LogP contribution is -2.15. The summed E-state index contributed by atoms with van der Waals surface area (Å²) in [6.45, 7) is 0. The number of hydrogen-bond donors (Lipinski definition) is 1. The molecule has 2 aromatic carbocycles. The Labute approximate surface area is 155 Å². The maximum Gasteiger partial charge on any atom is 0.420 e. The number of anilines is 1. The number of nitrogens with zero attached hydrogens (tertiary/aromatic N) is 1. The number of ether oxygens (including phenoxy) is 1. The second kappa shape index (κ2) is 7.63. The highest BCUT2D eigenvalue weighted by atomic mass is 19.4. The summed E-state index contributed by atoms with van der Waals surface area (Å²) in [7, 11) is 0. The highest BCUT2D eigenvalue weighted by Gasteiger charge is 2.34. The smallest absolute Gasteiger partial charge is 0.420 e. The van der Waals surface area contributed by atoms with Gasteiger partial charge >= 0.3 is 6.18 Å². The van der Waals surface area contributed by atoms with Crippen LogP contribution in [0.4, 0.5) is 27.6 Å². The number of benzene rings is 2. The lowest BCUT2D eigenvalue weighted by Gasteiger charge is -2.13. The van der Waals surface area contributed by atoms with Crippen molar-refractivity contribution in [1.82, 2.24) is 4.98 Å². The molecule has 144 valence electrons. The van der Waals surface area contributed by atoms with Crippen LogP contribution in [0.5, 0.6) is 11.5 Å². The van der Waals surface area contributed by atoms with Crippen LogP contribution in [0.25, 0.3) is 0 Å². The highest BCUT2D eigenvalue weighted by Crippen LogP contribution is 2.37. The van der Waals surface area contributed by atoms with Crippen molar-refractivity contribution in [3.8, 4) is 11.5 Å². The van der Waals surface area contributed by atoms with Crippen molar-refractivity contribution in [2.75, 3.05) is 5.32 Å². The Kier molecular flexibility index (Phi) is 5.25. The minimum absolute atomic E-state index is 0.0496. The molecule has 1 heterocycles. The van der Waals surface area contributed by atoms with Crippen molar-refractivity contribution in [2.45, 2.75) is 6.18 Å². The van der Waals surface area contributed by atoms with Crippen molar-refractivity contribution in [3.05, 3.63) is 83.7 Å². The zero-order chi connectivity index (χ0) is 20.3. The molecule has 0 bridgehead atoms. The Morgan fingerprint density at radius 1 is 0.964 bits per heavy atom. The Hall–Kier alpha value is -3.49. The standard InChI is InChI=1S/C19H11F5N2O2/c20-14-2-1-3-15(21)17(14)18(27)26-11-4-6-12(7-5-11)28-16-10-25-9-8-13(16)19(22,23)24/h1-10H,(H,26,27). The molecule has 28 heavy (non-hydrogen) atoms. The maximum atomic E-state index is 13.6. The molecule has 1 aromatic heterocycles. The van der Waals surface area contributed by atoms with E-state index in [2.05, 4.69) is 10.3 Å². The van der Waals surface area contributed by atoms with Crippen LogP contribution in [0.1, 0.15) is 15.9 Å². The van der Waals surface area contributed by atoms with Gasteiger partial charge in [0, 0.05) is 11.9 Å². The van der Waals surface area contributed by atoms with Crippen LogP contribution in [0, 0.1) is 11.6 Å². The Morgan fingerprint density at radius 2 is 1.61 bits per heavy atom. The van der Waals surface area contributed by atoms with Gasteiger partial charge in [-0.2, -0.15) is 13.2 Å². The van der Waals surface area contributed by atoms with E-state index < -0.39 is 40.6 Å². The van der Waals surface area contributed by atoms with Crippen LogP contribution < -0.4 is 10.1 Å². The van der Waals surface area contributed by atoms with Gasteiger partial charge in [0.2, 0.25) is 0 Å². The van der Waals surface area contributed by atoms with Crippen molar-refractivity contribution < 1.29 is 31.5 Å². The molecule has 0 spiro atoms. The fraction of sp³-hybridized carbons (Fsp3) is 0.0526. The van der Waals surface area contributed by atoms with E-state index in [9.17, 15) is 26.7 Å². The zero-order valence-corrected chi connectivity index (χ0v) is 13.9. The lowest BCUT2D eigenvalue weighted by atomic mass is 10.1. The molecule has 9 heteroatoms. The van der Waals surface area contributed by atoms with Crippen LogP contribution in [0.15, 0.2) is 60.9 Å². The van der Waals surface area contributed by atoms with Gasteiger partial charge in [-0.05, 0) is 42.5 Å². The molecule has 0 aliphatic rings. The summed E-state index contributed by atoms with van der Waals surface area (Å²) >= 11 is 0. The minimum atomic E-state index is -4.62. The van der Waals surface area contributed by atoms with Gasteiger partial charge in [-0.3, -0.25) is 9.78 Å². The van der Waals surface area contributed by atoms with Crippen LogP contribution in [-0.4, -0.2) is 10.9 Å². The van der Waals surface area contributed by atoms with Gasteiger partial charge in [0.25, 0.3) is 5.91 Å². The van der Waals surface area contributed by atoms with Gasteiger partial charge in [0.15, 0.2) is 5.75 Å². The summed E-state index contributed by atoms with van der Waals surface area (Å²) in [5.74, 6) is -3.48. The number of hydrogen-bond acceptors (Lipinski definition) is 3. The summed E-state index contributed by atoms with van der Waals surface area (Å²) in [5, 5.41) is 2.30. The number of aromatic nitrogens is 1. The topological polar surface area (TPSA) is 51.2 Å².